The summed E-state index contributed by atoms with van der Waals surface area (Å²) in [5.74, 6) is -0.819. The average molecular weight is 1150 g/mol. The number of rotatable bonds is 64. The Morgan fingerprint density at radius 1 is 0.383 bits per heavy atom. The lowest BCUT2D eigenvalue weighted by Crippen LogP contribution is -2.29. The van der Waals surface area contributed by atoms with Gasteiger partial charge in [0.15, 0.2) is 6.10 Å². The van der Waals surface area contributed by atoms with Crippen molar-refractivity contribution in [1.29, 1.82) is 0 Å². The van der Waals surface area contributed by atoms with Crippen molar-refractivity contribution in [2.75, 3.05) is 26.4 Å². The average Bonchev–Trinajstić information content (AvgIpc) is 3.46. The summed E-state index contributed by atoms with van der Waals surface area (Å²) in [5.41, 5.74) is 5.40. The predicted molar refractivity (Wildman–Crippen MR) is 349 cm³/mol. The summed E-state index contributed by atoms with van der Waals surface area (Å²) in [6.45, 7) is 3.67. The van der Waals surface area contributed by atoms with Gasteiger partial charge in [-0.05, 0) is 89.9 Å². The van der Waals surface area contributed by atoms with Crippen LogP contribution >= 0.6 is 7.82 Å². The number of allylic oxidation sites excluding steroid dienone is 14. The number of hydrogen-bond acceptors (Lipinski definition) is 8. The Bertz CT molecular complexity index is 1600. The lowest BCUT2D eigenvalue weighted by Gasteiger charge is -2.19. The molecule has 0 aliphatic rings. The number of carbonyl (C=O) groups excluding carboxylic acids is 2. The van der Waals surface area contributed by atoms with E-state index in [2.05, 4.69) is 98.9 Å². The fraction of sp³-hybridized carbons (Fsp3) is 0.775. The fourth-order valence-corrected chi connectivity index (χ4v) is 10.5. The second kappa shape index (κ2) is 66.3. The summed E-state index contributed by atoms with van der Waals surface area (Å²) < 4.78 is 33.2. The Hall–Kier alpha value is -2.81. The molecule has 0 bridgehead atoms. The predicted octanol–water partition coefficient (Wildman–Crippen LogP) is 22.2. The summed E-state index contributed by atoms with van der Waals surface area (Å²) in [6, 6.07) is 0. The molecule has 0 amide bonds. The highest BCUT2D eigenvalue weighted by Gasteiger charge is 2.26. The second-order valence-corrected chi connectivity index (χ2v) is 24.1. The maximum absolute atomic E-state index is 12.8. The zero-order chi connectivity index (χ0) is 58.7. The smallest absolute Gasteiger partial charge is 0.462 e. The molecule has 0 aromatic carbocycles. The molecule has 0 aromatic heterocycles. The molecular weight excluding hydrogens is 1030 g/mol. The van der Waals surface area contributed by atoms with Crippen molar-refractivity contribution in [3.63, 3.8) is 0 Å². The van der Waals surface area contributed by atoms with Gasteiger partial charge in [-0.1, -0.05) is 304 Å². The van der Waals surface area contributed by atoms with E-state index >= 15 is 0 Å². The number of nitrogens with two attached hydrogens (primary N) is 1. The quantitative estimate of drug-likeness (QED) is 0.0264. The Kier molecular flexibility index (Phi) is 64.0. The van der Waals surface area contributed by atoms with E-state index in [0.717, 1.165) is 77.0 Å². The molecule has 2 unspecified atom stereocenters. The van der Waals surface area contributed by atoms with Crippen LogP contribution in [0.2, 0.25) is 0 Å². The number of ether oxygens (including phenoxy) is 2. The molecule has 0 radical (unpaired) electrons. The van der Waals surface area contributed by atoms with Crippen molar-refractivity contribution in [2.24, 2.45) is 5.73 Å². The van der Waals surface area contributed by atoms with Gasteiger partial charge in [-0.3, -0.25) is 18.6 Å². The van der Waals surface area contributed by atoms with Crippen LogP contribution in [0.4, 0.5) is 0 Å². The fourth-order valence-electron chi connectivity index (χ4n) is 9.76. The lowest BCUT2D eigenvalue weighted by atomic mass is 10.0. The third kappa shape index (κ3) is 66.2. The zero-order valence-corrected chi connectivity index (χ0v) is 53.7. The van der Waals surface area contributed by atoms with Gasteiger partial charge in [-0.25, -0.2) is 4.57 Å². The monoisotopic (exact) mass is 1150 g/mol. The molecule has 10 heteroatoms. The van der Waals surface area contributed by atoms with Crippen molar-refractivity contribution in [1.82, 2.24) is 0 Å². The molecule has 81 heavy (non-hydrogen) atoms. The Morgan fingerprint density at radius 3 is 1.02 bits per heavy atom. The number of unbranched alkanes of at least 4 members (excludes halogenated alkanes) is 37. The highest BCUT2D eigenvalue weighted by Crippen LogP contribution is 2.43. The van der Waals surface area contributed by atoms with E-state index < -0.39 is 26.5 Å². The molecule has 0 saturated heterocycles. The van der Waals surface area contributed by atoms with E-state index in [0.29, 0.717) is 6.42 Å². The molecule has 0 aliphatic carbocycles. The highest BCUT2D eigenvalue weighted by atomic mass is 31.2. The van der Waals surface area contributed by atoms with E-state index in [4.69, 9.17) is 24.3 Å². The Morgan fingerprint density at radius 2 is 0.679 bits per heavy atom. The molecule has 470 valence electrons. The van der Waals surface area contributed by atoms with Crippen LogP contribution in [0.15, 0.2) is 85.1 Å². The molecule has 0 rings (SSSR count). The largest absolute Gasteiger partial charge is 0.472 e. The normalized spacial score (nSPS) is 13.5. The molecule has 0 fully saturated rings. The van der Waals surface area contributed by atoms with Gasteiger partial charge in [-0.2, -0.15) is 0 Å². The van der Waals surface area contributed by atoms with E-state index in [9.17, 15) is 19.0 Å². The first-order valence-electron chi connectivity index (χ1n) is 34.1. The molecule has 9 nitrogen and oxygen atoms in total. The van der Waals surface area contributed by atoms with Gasteiger partial charge in [0.1, 0.15) is 6.61 Å². The van der Waals surface area contributed by atoms with E-state index in [1.165, 1.54) is 212 Å². The van der Waals surface area contributed by atoms with Crippen LogP contribution in [0.25, 0.3) is 0 Å². The summed E-state index contributed by atoms with van der Waals surface area (Å²) in [4.78, 5) is 35.3. The first kappa shape index (κ1) is 78.2. The summed E-state index contributed by atoms with van der Waals surface area (Å²) in [7, 11) is -4.40. The standard InChI is InChI=1S/C71H128NO8P/c1-3-5-7-9-11-13-15-17-19-21-23-25-27-29-31-33-34-36-38-40-42-44-46-48-50-52-54-56-58-60-62-64-71(74)80-69(68-79-81(75,76)78-66-65-72)67-77-70(73)63-61-59-57-55-53-51-49-47-45-43-41-39-37-35-32-30-28-26-24-22-20-18-16-14-12-10-8-6-4-2/h5,7,11,13,17,19,22-25,29,31,34,36,69H,3-4,6,8-10,12,14-16,18,20-21,26-28,30,32-33,35,37-68,72H2,1-2H3,(H,75,76)/b7-5-,13-11-,19-17-,24-22-,25-23-,31-29-,36-34-. The first-order chi connectivity index (χ1) is 39.8. The lowest BCUT2D eigenvalue weighted by molar-refractivity contribution is -0.161. The number of phosphoric acid groups is 1. The first-order valence-corrected chi connectivity index (χ1v) is 35.6. The number of hydrogen-bond donors (Lipinski definition) is 2. The van der Waals surface area contributed by atoms with Crippen LogP contribution in [0, 0.1) is 0 Å². The van der Waals surface area contributed by atoms with Gasteiger partial charge in [0.25, 0.3) is 0 Å². The molecule has 0 spiro atoms. The van der Waals surface area contributed by atoms with Gasteiger partial charge in [0.2, 0.25) is 0 Å². The van der Waals surface area contributed by atoms with Crippen LogP contribution in [0.5, 0.6) is 0 Å². The summed E-state index contributed by atoms with van der Waals surface area (Å²) in [5, 5.41) is 0. The number of esters is 2. The van der Waals surface area contributed by atoms with Crippen LogP contribution in [0.1, 0.15) is 322 Å². The molecule has 2 atom stereocenters. The van der Waals surface area contributed by atoms with Gasteiger partial charge < -0.3 is 20.1 Å². The van der Waals surface area contributed by atoms with Gasteiger partial charge in [0.05, 0.1) is 13.2 Å². The Labute approximate surface area is 500 Å². The maximum Gasteiger partial charge on any atom is 0.472 e. The summed E-state index contributed by atoms with van der Waals surface area (Å²) >= 11 is 0. The molecule has 0 heterocycles. The zero-order valence-electron chi connectivity index (χ0n) is 52.8. The van der Waals surface area contributed by atoms with Crippen molar-refractivity contribution < 1.29 is 37.6 Å². The maximum atomic E-state index is 12.8. The van der Waals surface area contributed by atoms with Crippen molar-refractivity contribution in [3.8, 4) is 0 Å². The van der Waals surface area contributed by atoms with Crippen LogP contribution in [-0.4, -0.2) is 49.3 Å². The Balaban J connectivity index is 3.89. The minimum absolute atomic E-state index is 0.0515. The number of carbonyl (C=O) groups is 2. The van der Waals surface area contributed by atoms with Gasteiger partial charge >= 0.3 is 19.8 Å². The molecule has 3 N–H and O–H groups in total. The van der Waals surface area contributed by atoms with Gasteiger partial charge in [0, 0.05) is 19.4 Å². The molecule has 0 aliphatic heterocycles. The molecule has 0 aromatic rings. The van der Waals surface area contributed by atoms with Crippen molar-refractivity contribution in [2.45, 2.75) is 328 Å². The number of phosphoric ester groups is 1. The SMILES string of the molecule is CC/C=C\C/C=C\C/C=C\C/C=C\C/C=C\C/C=C\CCCCCCCCCCCCCCC(=O)OC(COC(=O)CCCCCCCCCCCCCCCCCCC/C=C\CCCCCCCCCC)COP(=O)(O)OCCN. The second-order valence-electron chi connectivity index (χ2n) is 22.7. The minimum atomic E-state index is -4.40. The van der Waals surface area contributed by atoms with E-state index in [-0.39, 0.29) is 38.6 Å². The summed E-state index contributed by atoms with van der Waals surface area (Å²) in [6.07, 6.45) is 88.1. The van der Waals surface area contributed by atoms with Crippen molar-refractivity contribution in [3.05, 3.63) is 85.1 Å². The topological polar surface area (TPSA) is 134 Å². The third-order valence-corrected chi connectivity index (χ3v) is 15.7. The highest BCUT2D eigenvalue weighted by molar-refractivity contribution is 7.47. The van der Waals surface area contributed by atoms with Crippen LogP contribution in [0.3, 0.4) is 0 Å². The van der Waals surface area contributed by atoms with E-state index in [1.807, 2.05) is 0 Å². The van der Waals surface area contributed by atoms with Crippen LogP contribution < -0.4 is 5.73 Å². The minimum Gasteiger partial charge on any atom is -0.462 e. The van der Waals surface area contributed by atoms with Gasteiger partial charge in [-0.15, -0.1) is 0 Å². The third-order valence-electron chi connectivity index (χ3n) is 14.8. The molecule has 0 saturated carbocycles. The van der Waals surface area contributed by atoms with Crippen LogP contribution in [-0.2, 0) is 32.7 Å². The van der Waals surface area contributed by atoms with Crippen molar-refractivity contribution >= 4 is 19.8 Å². The van der Waals surface area contributed by atoms with E-state index in [1.54, 1.807) is 0 Å². The molecular formula is C71H128NO8P.